The molecule has 4 nitrogen and oxygen atoms in total. The van der Waals surface area contributed by atoms with E-state index in [1.54, 1.807) is 6.07 Å². The number of imidazole rings is 1. The average molecular weight is 277 g/mol. The van der Waals surface area contributed by atoms with Crippen LogP contribution in [0.15, 0.2) is 18.2 Å². The summed E-state index contributed by atoms with van der Waals surface area (Å²) in [5.41, 5.74) is 1.71. The Bertz CT molecular complexity index is 602. The molecule has 0 unspecified atom stereocenters. The Hall–Kier alpha value is -1.46. The summed E-state index contributed by atoms with van der Waals surface area (Å²) >= 11 is 0. The van der Waals surface area contributed by atoms with Gasteiger partial charge >= 0.3 is 0 Å². The van der Waals surface area contributed by atoms with E-state index in [4.69, 9.17) is 0 Å². The van der Waals surface area contributed by atoms with Crippen molar-refractivity contribution in [3.63, 3.8) is 0 Å². The highest BCUT2D eigenvalue weighted by Gasteiger charge is 2.19. The average Bonchev–Trinajstić information content (AvgIpc) is 2.77. The second-order valence-corrected chi connectivity index (χ2v) is 5.41. The summed E-state index contributed by atoms with van der Waals surface area (Å²) in [5, 5.41) is 9.55. The Morgan fingerprint density at radius 1 is 1.35 bits per heavy atom. The number of piperidine rings is 1. The van der Waals surface area contributed by atoms with Crippen LogP contribution in [-0.2, 0) is 13.1 Å². The molecule has 108 valence electrons. The second-order valence-electron chi connectivity index (χ2n) is 5.41. The van der Waals surface area contributed by atoms with Gasteiger partial charge in [-0.3, -0.25) is 4.90 Å². The summed E-state index contributed by atoms with van der Waals surface area (Å²) in [5.74, 6) is 0.732. The fourth-order valence-electron chi connectivity index (χ4n) is 2.90. The molecule has 0 atom stereocenters. The van der Waals surface area contributed by atoms with E-state index in [1.807, 2.05) is 0 Å². The molecule has 0 spiro atoms. The van der Waals surface area contributed by atoms with E-state index < -0.39 is 0 Å². The van der Waals surface area contributed by atoms with Crippen LogP contribution in [0.25, 0.3) is 11.0 Å². The maximum atomic E-state index is 13.3. The molecule has 1 fully saturated rings. The van der Waals surface area contributed by atoms with Crippen LogP contribution in [0.5, 0.6) is 0 Å². The van der Waals surface area contributed by atoms with Gasteiger partial charge in [-0.05, 0) is 31.9 Å². The molecule has 1 aliphatic rings. The van der Waals surface area contributed by atoms with Crippen molar-refractivity contribution in [3.8, 4) is 0 Å². The third kappa shape index (κ3) is 2.55. The van der Waals surface area contributed by atoms with E-state index in [0.717, 1.165) is 55.9 Å². The third-order valence-corrected chi connectivity index (χ3v) is 4.03. The lowest BCUT2D eigenvalue weighted by Gasteiger charge is -2.29. The number of hydrogen-bond donors (Lipinski definition) is 1. The predicted octanol–water partition coefficient (Wildman–Crippen LogP) is 2.15. The van der Waals surface area contributed by atoms with Gasteiger partial charge in [-0.1, -0.05) is 0 Å². The minimum absolute atomic E-state index is 0.162. The van der Waals surface area contributed by atoms with E-state index in [1.165, 1.54) is 12.1 Å². The molecule has 5 heteroatoms. The topological polar surface area (TPSA) is 41.3 Å². The van der Waals surface area contributed by atoms with Crippen molar-refractivity contribution in [1.29, 1.82) is 0 Å². The van der Waals surface area contributed by atoms with Crippen LogP contribution in [0.2, 0.25) is 0 Å². The number of aliphatic hydroxyl groups excluding tert-OH is 1. The van der Waals surface area contributed by atoms with Gasteiger partial charge in [0.05, 0.1) is 23.7 Å². The van der Waals surface area contributed by atoms with Gasteiger partial charge in [0, 0.05) is 25.7 Å². The number of aliphatic hydroxyl groups is 1. The first-order chi connectivity index (χ1) is 9.67. The third-order valence-electron chi connectivity index (χ3n) is 4.03. The van der Waals surface area contributed by atoms with E-state index in [9.17, 15) is 9.50 Å². The number of aromatic nitrogens is 2. The van der Waals surface area contributed by atoms with Gasteiger partial charge in [0.1, 0.15) is 11.6 Å². The van der Waals surface area contributed by atoms with E-state index in [-0.39, 0.29) is 11.9 Å². The lowest BCUT2D eigenvalue weighted by atomic mass is 10.1. The smallest absolute Gasteiger partial charge is 0.125 e. The van der Waals surface area contributed by atoms with Gasteiger partial charge in [-0.2, -0.15) is 0 Å². The number of halogens is 1. The number of hydrogen-bond acceptors (Lipinski definition) is 3. The van der Waals surface area contributed by atoms with Crippen LogP contribution < -0.4 is 0 Å². The molecule has 1 aliphatic heterocycles. The molecule has 2 heterocycles. The number of rotatable bonds is 3. The SMILES string of the molecule is CCn1c(CN2CCC(O)CC2)nc2cc(F)ccc21. The van der Waals surface area contributed by atoms with Gasteiger partial charge in [-0.25, -0.2) is 9.37 Å². The van der Waals surface area contributed by atoms with Crippen LogP contribution in [0.3, 0.4) is 0 Å². The van der Waals surface area contributed by atoms with Crippen LogP contribution in [0.1, 0.15) is 25.6 Å². The van der Waals surface area contributed by atoms with Gasteiger partial charge in [-0.15, -0.1) is 0 Å². The molecule has 0 aliphatic carbocycles. The number of nitrogens with zero attached hydrogens (tertiary/aromatic N) is 3. The Kier molecular flexibility index (Phi) is 3.72. The first-order valence-corrected chi connectivity index (χ1v) is 7.22. The van der Waals surface area contributed by atoms with Crippen molar-refractivity contribution in [2.45, 2.75) is 39.0 Å². The van der Waals surface area contributed by atoms with Gasteiger partial charge < -0.3 is 9.67 Å². The van der Waals surface area contributed by atoms with Gasteiger partial charge in [0.25, 0.3) is 0 Å². The summed E-state index contributed by atoms with van der Waals surface area (Å²) < 4.78 is 15.4. The van der Waals surface area contributed by atoms with E-state index in [2.05, 4.69) is 21.4 Å². The molecule has 3 rings (SSSR count). The van der Waals surface area contributed by atoms with Crippen molar-refractivity contribution in [1.82, 2.24) is 14.5 Å². The molecular formula is C15H20FN3O. The maximum absolute atomic E-state index is 13.3. The highest BCUT2D eigenvalue weighted by atomic mass is 19.1. The number of fused-ring (bicyclic) bond motifs is 1. The Balaban J connectivity index is 1.87. The van der Waals surface area contributed by atoms with Gasteiger partial charge in [0.15, 0.2) is 0 Å². The quantitative estimate of drug-likeness (QED) is 0.934. The highest BCUT2D eigenvalue weighted by molar-refractivity contribution is 5.76. The molecule has 0 bridgehead atoms. The molecule has 1 saturated heterocycles. The molecule has 1 aromatic heterocycles. The van der Waals surface area contributed by atoms with Crippen molar-refractivity contribution in [2.75, 3.05) is 13.1 Å². The first-order valence-electron chi connectivity index (χ1n) is 7.22. The highest BCUT2D eigenvalue weighted by Crippen LogP contribution is 2.20. The van der Waals surface area contributed by atoms with Crippen molar-refractivity contribution < 1.29 is 9.50 Å². The first kappa shape index (κ1) is 13.5. The summed E-state index contributed by atoms with van der Waals surface area (Å²) in [4.78, 5) is 6.88. The second kappa shape index (κ2) is 5.50. The normalized spacial score (nSPS) is 17.9. The number of benzene rings is 1. The summed E-state index contributed by atoms with van der Waals surface area (Å²) in [6, 6.07) is 4.77. The fourth-order valence-corrected chi connectivity index (χ4v) is 2.90. The molecule has 0 saturated carbocycles. The maximum Gasteiger partial charge on any atom is 0.125 e. The molecule has 2 aromatic rings. The molecule has 20 heavy (non-hydrogen) atoms. The Morgan fingerprint density at radius 2 is 2.10 bits per heavy atom. The Morgan fingerprint density at radius 3 is 2.80 bits per heavy atom. The zero-order valence-corrected chi connectivity index (χ0v) is 11.7. The molecule has 0 radical (unpaired) electrons. The van der Waals surface area contributed by atoms with Crippen LogP contribution >= 0.6 is 0 Å². The van der Waals surface area contributed by atoms with Crippen molar-refractivity contribution in [3.05, 3.63) is 29.8 Å². The monoisotopic (exact) mass is 277 g/mol. The minimum atomic E-state index is -0.245. The fraction of sp³-hybridized carbons (Fsp3) is 0.533. The van der Waals surface area contributed by atoms with Gasteiger partial charge in [0.2, 0.25) is 0 Å². The molecular weight excluding hydrogens is 257 g/mol. The lowest BCUT2D eigenvalue weighted by molar-refractivity contribution is 0.0776. The van der Waals surface area contributed by atoms with Crippen LogP contribution in [0, 0.1) is 5.82 Å². The number of aryl methyl sites for hydroxylation is 1. The minimum Gasteiger partial charge on any atom is -0.393 e. The van der Waals surface area contributed by atoms with E-state index >= 15 is 0 Å². The molecule has 0 amide bonds. The number of likely N-dealkylation sites (tertiary alicyclic amines) is 1. The van der Waals surface area contributed by atoms with Crippen LogP contribution in [-0.4, -0.2) is 38.8 Å². The van der Waals surface area contributed by atoms with Crippen molar-refractivity contribution in [2.24, 2.45) is 0 Å². The summed E-state index contributed by atoms with van der Waals surface area (Å²) in [6.45, 7) is 5.45. The zero-order chi connectivity index (χ0) is 14.1. The largest absolute Gasteiger partial charge is 0.393 e. The standard InChI is InChI=1S/C15H20FN3O/c1-2-19-14-4-3-11(16)9-13(14)17-15(19)10-18-7-5-12(20)6-8-18/h3-4,9,12,20H,2,5-8,10H2,1H3. The summed E-state index contributed by atoms with van der Waals surface area (Å²) in [7, 11) is 0. The molecule has 1 N–H and O–H groups in total. The molecule has 1 aromatic carbocycles. The lowest BCUT2D eigenvalue weighted by Crippen LogP contribution is -2.36. The Labute approximate surface area is 117 Å². The van der Waals surface area contributed by atoms with E-state index in [0.29, 0.717) is 0 Å². The predicted molar refractivity (Wildman–Crippen MR) is 75.9 cm³/mol. The van der Waals surface area contributed by atoms with Crippen molar-refractivity contribution >= 4 is 11.0 Å². The zero-order valence-electron chi connectivity index (χ0n) is 11.7. The van der Waals surface area contributed by atoms with Crippen LogP contribution in [0.4, 0.5) is 4.39 Å². The summed E-state index contributed by atoms with van der Waals surface area (Å²) in [6.07, 6.45) is 1.48.